The molecule has 37 heavy (non-hydrogen) atoms. The number of nitrogens with zero attached hydrogens (tertiary/aromatic N) is 2. The Balaban J connectivity index is 1.19. The molecule has 5 fully saturated rings. The zero-order valence-corrected chi connectivity index (χ0v) is 22.7. The minimum atomic E-state index is -0.690. The average molecular weight is 513 g/mol. The van der Waals surface area contributed by atoms with Crippen molar-refractivity contribution >= 4 is 6.03 Å². The molecule has 204 valence electrons. The summed E-state index contributed by atoms with van der Waals surface area (Å²) in [7, 11) is 1.95. The maximum atomic E-state index is 13.1. The van der Waals surface area contributed by atoms with Gasteiger partial charge in [-0.25, -0.2) is 9.59 Å². The van der Waals surface area contributed by atoms with Gasteiger partial charge in [0.05, 0.1) is 18.0 Å². The number of carbonyl (C=O) groups is 1. The summed E-state index contributed by atoms with van der Waals surface area (Å²) in [5.41, 5.74) is 0.0295. The fraction of sp³-hybridized carbons (Fsp3) is 0.800. The molecule has 0 radical (unpaired) electrons. The average Bonchev–Trinajstić information content (AvgIpc) is 3.43. The van der Waals surface area contributed by atoms with Gasteiger partial charge in [-0.2, -0.15) is 0 Å². The van der Waals surface area contributed by atoms with Crippen molar-refractivity contribution in [3.8, 4) is 0 Å². The molecule has 2 heterocycles. The van der Waals surface area contributed by atoms with Crippen LogP contribution >= 0.6 is 0 Å². The van der Waals surface area contributed by atoms with Gasteiger partial charge in [0.25, 0.3) is 0 Å². The minimum absolute atomic E-state index is 0.0651. The first-order valence-corrected chi connectivity index (χ1v) is 14.6. The highest BCUT2D eigenvalue weighted by Gasteiger charge is 2.67. The maximum absolute atomic E-state index is 13.1. The molecule has 7 nitrogen and oxygen atoms in total. The van der Waals surface area contributed by atoms with Crippen molar-refractivity contribution < 1.29 is 19.4 Å². The number of fused-ring (bicyclic) bond motifs is 5. The van der Waals surface area contributed by atoms with Crippen LogP contribution in [0, 0.1) is 28.6 Å². The van der Waals surface area contributed by atoms with Crippen LogP contribution in [0.3, 0.4) is 0 Å². The molecule has 1 saturated heterocycles. The SMILES string of the molecule is CN(C(=O)N1CC[C@@H](O)C1)[C@H]1CC[C@@]2(C)[C@H](CC[C@@H]3[C@@H]2CC[C@]2(C)[C@@H](c4ccc(=O)oc4)CC[C@]32O)C1. The van der Waals surface area contributed by atoms with E-state index in [1.54, 1.807) is 11.2 Å². The molecule has 0 unspecified atom stereocenters. The second-order valence-electron chi connectivity index (χ2n) is 13.6. The van der Waals surface area contributed by atoms with Gasteiger partial charge < -0.3 is 24.4 Å². The lowest BCUT2D eigenvalue weighted by molar-refractivity contribution is -0.203. The molecular weight excluding hydrogens is 468 g/mol. The Kier molecular flexibility index (Phi) is 6.07. The molecule has 1 aromatic rings. The van der Waals surface area contributed by atoms with E-state index in [0.717, 1.165) is 63.4 Å². The Morgan fingerprint density at radius 3 is 2.57 bits per heavy atom. The highest BCUT2D eigenvalue weighted by Crippen LogP contribution is 2.70. The topological polar surface area (TPSA) is 94.2 Å². The number of carbonyl (C=O) groups excluding carboxylic acids is 1. The number of hydrogen-bond donors (Lipinski definition) is 2. The van der Waals surface area contributed by atoms with Crippen LogP contribution in [0.15, 0.2) is 27.6 Å². The normalized spacial score (nSPS) is 45.2. The molecule has 2 N–H and O–H groups in total. The fourth-order valence-corrected chi connectivity index (χ4v) is 9.95. The third kappa shape index (κ3) is 3.74. The zero-order valence-electron chi connectivity index (χ0n) is 22.7. The van der Waals surface area contributed by atoms with Gasteiger partial charge >= 0.3 is 11.7 Å². The molecule has 0 bridgehead atoms. The summed E-state index contributed by atoms with van der Waals surface area (Å²) in [6.07, 6.45) is 11.1. The minimum Gasteiger partial charge on any atom is -0.431 e. The van der Waals surface area contributed by atoms with Gasteiger partial charge in [0.1, 0.15) is 0 Å². The molecule has 5 aliphatic rings. The van der Waals surface area contributed by atoms with E-state index < -0.39 is 5.60 Å². The number of hydrogen-bond acceptors (Lipinski definition) is 5. The van der Waals surface area contributed by atoms with E-state index in [1.165, 1.54) is 6.07 Å². The summed E-state index contributed by atoms with van der Waals surface area (Å²) < 4.78 is 5.22. The van der Waals surface area contributed by atoms with E-state index in [2.05, 4.69) is 13.8 Å². The molecule has 6 rings (SSSR count). The number of likely N-dealkylation sites (tertiary alicyclic amines) is 1. The highest BCUT2D eigenvalue weighted by atomic mass is 16.4. The van der Waals surface area contributed by atoms with Crippen LogP contribution in [0.4, 0.5) is 4.79 Å². The monoisotopic (exact) mass is 512 g/mol. The van der Waals surface area contributed by atoms with E-state index >= 15 is 0 Å². The van der Waals surface area contributed by atoms with E-state index in [0.29, 0.717) is 37.3 Å². The lowest BCUT2D eigenvalue weighted by Crippen LogP contribution is -2.62. The molecule has 9 atom stereocenters. The summed E-state index contributed by atoms with van der Waals surface area (Å²) in [5, 5.41) is 22.3. The standard InChI is InChI=1S/C30H44N2O5/c1-28-12-8-21(31(3)27(35)32-15-11-22(33)17-32)16-20(28)5-6-25-24(28)9-13-29(2)23(10-14-30(25,29)36)19-4-7-26(34)37-18-19/h4,7,18,20-25,33,36H,5-6,8-17H2,1-3H3/t20-,21+,22-,23-,24+,25-,28+,29-,30+/m1/s1. The number of amides is 2. The van der Waals surface area contributed by atoms with Crippen LogP contribution in [-0.2, 0) is 0 Å². The molecule has 1 aromatic heterocycles. The quantitative estimate of drug-likeness (QED) is 0.614. The predicted octanol–water partition coefficient (Wildman–Crippen LogP) is 4.37. The van der Waals surface area contributed by atoms with E-state index in [1.807, 2.05) is 18.0 Å². The molecule has 4 aliphatic carbocycles. The second kappa shape index (κ2) is 8.84. The smallest absolute Gasteiger partial charge is 0.335 e. The Morgan fingerprint density at radius 2 is 1.86 bits per heavy atom. The predicted molar refractivity (Wildman–Crippen MR) is 140 cm³/mol. The van der Waals surface area contributed by atoms with Crippen molar-refractivity contribution in [3.05, 3.63) is 34.4 Å². The Bertz CT molecular complexity index is 1090. The Hall–Kier alpha value is -1.86. The van der Waals surface area contributed by atoms with Gasteiger partial charge in [-0.1, -0.05) is 13.8 Å². The summed E-state index contributed by atoms with van der Waals surface area (Å²) in [6, 6.07) is 3.73. The van der Waals surface area contributed by atoms with Gasteiger partial charge in [0.15, 0.2) is 0 Å². The molecule has 7 heteroatoms. The van der Waals surface area contributed by atoms with Gasteiger partial charge in [0.2, 0.25) is 0 Å². The molecule has 0 spiro atoms. The lowest BCUT2D eigenvalue weighted by Gasteiger charge is -2.64. The number of urea groups is 1. The fourth-order valence-electron chi connectivity index (χ4n) is 9.95. The zero-order chi connectivity index (χ0) is 26.2. The van der Waals surface area contributed by atoms with Crippen molar-refractivity contribution in [2.45, 2.75) is 102 Å². The molecule has 0 aromatic carbocycles. The van der Waals surface area contributed by atoms with E-state index in [9.17, 15) is 19.8 Å². The van der Waals surface area contributed by atoms with Crippen molar-refractivity contribution in [1.82, 2.24) is 9.80 Å². The van der Waals surface area contributed by atoms with Crippen molar-refractivity contribution in [3.63, 3.8) is 0 Å². The molecule has 1 aliphatic heterocycles. The highest BCUT2D eigenvalue weighted by molar-refractivity contribution is 5.75. The van der Waals surface area contributed by atoms with Crippen molar-refractivity contribution in [1.29, 1.82) is 0 Å². The largest absolute Gasteiger partial charge is 0.431 e. The molecular formula is C30H44N2O5. The van der Waals surface area contributed by atoms with Crippen LogP contribution < -0.4 is 5.63 Å². The number of aliphatic hydroxyl groups is 2. The Morgan fingerprint density at radius 1 is 1.05 bits per heavy atom. The second-order valence-corrected chi connectivity index (χ2v) is 13.6. The van der Waals surface area contributed by atoms with E-state index in [4.69, 9.17) is 4.42 Å². The summed E-state index contributed by atoms with van der Waals surface area (Å²) in [6.45, 7) is 5.87. The van der Waals surface area contributed by atoms with Crippen LogP contribution in [0.5, 0.6) is 0 Å². The van der Waals surface area contributed by atoms with Gasteiger partial charge in [0, 0.05) is 37.7 Å². The Labute approximate surface area is 220 Å². The third-order valence-corrected chi connectivity index (χ3v) is 12.2. The molecule has 2 amide bonds. The number of rotatable bonds is 2. The van der Waals surface area contributed by atoms with Gasteiger partial charge in [-0.15, -0.1) is 0 Å². The first kappa shape index (κ1) is 25.4. The maximum Gasteiger partial charge on any atom is 0.335 e. The lowest BCUT2D eigenvalue weighted by atomic mass is 9.43. The third-order valence-electron chi connectivity index (χ3n) is 12.2. The van der Waals surface area contributed by atoms with Crippen molar-refractivity contribution in [2.75, 3.05) is 20.1 Å². The van der Waals surface area contributed by atoms with E-state index in [-0.39, 0.29) is 40.6 Å². The van der Waals surface area contributed by atoms with Crippen LogP contribution in [0.25, 0.3) is 0 Å². The van der Waals surface area contributed by atoms with Crippen LogP contribution in [-0.4, -0.2) is 63.9 Å². The van der Waals surface area contributed by atoms with Gasteiger partial charge in [-0.3, -0.25) is 0 Å². The molecule has 4 saturated carbocycles. The first-order valence-electron chi connectivity index (χ1n) is 14.6. The van der Waals surface area contributed by atoms with Crippen LogP contribution in [0.1, 0.15) is 89.5 Å². The summed E-state index contributed by atoms with van der Waals surface area (Å²) >= 11 is 0. The van der Waals surface area contributed by atoms with Crippen LogP contribution in [0.2, 0.25) is 0 Å². The summed E-state index contributed by atoms with van der Waals surface area (Å²) in [5.74, 6) is 1.59. The number of aliphatic hydroxyl groups excluding tert-OH is 1. The summed E-state index contributed by atoms with van der Waals surface area (Å²) in [4.78, 5) is 28.4. The van der Waals surface area contributed by atoms with Gasteiger partial charge in [-0.05, 0) is 105 Å². The first-order chi connectivity index (χ1) is 17.6. The number of β-amino-alcohol motifs (C(OH)–C–C–N with tert-alkyl or cyclic N) is 1. The van der Waals surface area contributed by atoms with Crippen molar-refractivity contribution in [2.24, 2.45) is 28.6 Å².